The number of benzene rings is 1. The summed E-state index contributed by atoms with van der Waals surface area (Å²) in [7, 11) is 0. The minimum Gasteiger partial charge on any atom is -0.327 e. The second kappa shape index (κ2) is 5.68. The molecular formula is C16H27N. The van der Waals surface area contributed by atoms with E-state index in [1.165, 1.54) is 11.1 Å². The average molecular weight is 233 g/mol. The molecule has 1 rings (SSSR count). The lowest BCUT2D eigenvalue weighted by atomic mass is 9.86. The fourth-order valence-electron chi connectivity index (χ4n) is 1.84. The summed E-state index contributed by atoms with van der Waals surface area (Å²) in [6, 6.07) is 9.30. The molecule has 0 saturated carbocycles. The monoisotopic (exact) mass is 233 g/mol. The van der Waals surface area contributed by atoms with E-state index < -0.39 is 0 Å². The van der Waals surface area contributed by atoms with Gasteiger partial charge in [-0.05, 0) is 35.3 Å². The van der Waals surface area contributed by atoms with Gasteiger partial charge in [-0.3, -0.25) is 0 Å². The van der Waals surface area contributed by atoms with Crippen molar-refractivity contribution in [1.82, 2.24) is 0 Å². The molecule has 0 spiro atoms. The zero-order valence-corrected chi connectivity index (χ0v) is 12.0. The normalized spacial score (nSPS) is 14.1. The summed E-state index contributed by atoms with van der Waals surface area (Å²) < 4.78 is 0. The van der Waals surface area contributed by atoms with E-state index in [9.17, 15) is 0 Å². The Morgan fingerprint density at radius 2 is 1.59 bits per heavy atom. The summed E-state index contributed by atoms with van der Waals surface area (Å²) >= 11 is 0. The Hall–Kier alpha value is -0.820. The van der Waals surface area contributed by atoms with E-state index in [1.807, 2.05) is 0 Å². The van der Waals surface area contributed by atoms with E-state index in [0.717, 1.165) is 12.8 Å². The minimum atomic E-state index is 0.243. The Bertz CT molecular complexity index is 330. The molecule has 0 amide bonds. The number of rotatable bonds is 4. The van der Waals surface area contributed by atoms with Crippen LogP contribution in [0.3, 0.4) is 0 Å². The van der Waals surface area contributed by atoms with Gasteiger partial charge in [-0.25, -0.2) is 0 Å². The van der Waals surface area contributed by atoms with Crippen molar-refractivity contribution in [2.75, 3.05) is 0 Å². The van der Waals surface area contributed by atoms with Crippen molar-refractivity contribution in [2.45, 2.75) is 58.9 Å². The molecule has 96 valence electrons. The topological polar surface area (TPSA) is 26.0 Å². The first kappa shape index (κ1) is 14.2. The van der Waals surface area contributed by atoms with Crippen LogP contribution in [-0.4, -0.2) is 6.04 Å². The molecule has 1 aromatic rings. The summed E-state index contributed by atoms with van der Waals surface area (Å²) in [5.41, 5.74) is 9.10. The molecule has 1 unspecified atom stereocenters. The SMILES string of the molecule is CC(C)C(N)CCc1ccc(C(C)(C)C)cc1. The van der Waals surface area contributed by atoms with Gasteiger partial charge in [0.2, 0.25) is 0 Å². The fraction of sp³-hybridized carbons (Fsp3) is 0.625. The molecule has 1 heteroatoms. The molecule has 0 heterocycles. The average Bonchev–Trinajstić information content (AvgIpc) is 2.25. The van der Waals surface area contributed by atoms with Gasteiger partial charge in [-0.2, -0.15) is 0 Å². The zero-order valence-electron chi connectivity index (χ0n) is 12.0. The highest BCUT2D eigenvalue weighted by atomic mass is 14.6. The second-order valence-corrected chi connectivity index (χ2v) is 6.39. The predicted octanol–water partition coefficient (Wildman–Crippen LogP) is 3.90. The summed E-state index contributed by atoms with van der Waals surface area (Å²) in [4.78, 5) is 0. The second-order valence-electron chi connectivity index (χ2n) is 6.39. The van der Waals surface area contributed by atoms with Crippen molar-refractivity contribution in [3.8, 4) is 0 Å². The number of nitrogens with two attached hydrogens (primary N) is 1. The van der Waals surface area contributed by atoms with E-state index in [-0.39, 0.29) is 5.41 Å². The molecule has 0 saturated heterocycles. The van der Waals surface area contributed by atoms with Crippen LogP contribution in [0.5, 0.6) is 0 Å². The third-order valence-corrected chi connectivity index (χ3v) is 3.44. The lowest BCUT2D eigenvalue weighted by Crippen LogP contribution is -2.26. The molecule has 0 aromatic heterocycles. The van der Waals surface area contributed by atoms with Crippen LogP contribution < -0.4 is 5.73 Å². The van der Waals surface area contributed by atoms with Gasteiger partial charge in [-0.15, -0.1) is 0 Å². The number of hydrogen-bond donors (Lipinski definition) is 1. The Balaban J connectivity index is 2.57. The molecule has 0 aliphatic carbocycles. The van der Waals surface area contributed by atoms with Gasteiger partial charge in [0.15, 0.2) is 0 Å². The van der Waals surface area contributed by atoms with Crippen LogP contribution in [0.4, 0.5) is 0 Å². The Morgan fingerprint density at radius 3 is 2.00 bits per heavy atom. The van der Waals surface area contributed by atoms with Crippen molar-refractivity contribution >= 4 is 0 Å². The Kier molecular flexibility index (Phi) is 4.76. The fourth-order valence-corrected chi connectivity index (χ4v) is 1.84. The lowest BCUT2D eigenvalue weighted by Gasteiger charge is -2.19. The van der Waals surface area contributed by atoms with Gasteiger partial charge in [0.1, 0.15) is 0 Å². The first-order valence-electron chi connectivity index (χ1n) is 6.65. The Labute approximate surface area is 106 Å². The van der Waals surface area contributed by atoms with Crippen LogP contribution in [0.1, 0.15) is 52.2 Å². The summed E-state index contributed by atoms with van der Waals surface area (Å²) in [5.74, 6) is 0.573. The minimum absolute atomic E-state index is 0.243. The van der Waals surface area contributed by atoms with Crippen LogP contribution in [0.25, 0.3) is 0 Å². The Morgan fingerprint density at radius 1 is 1.06 bits per heavy atom. The summed E-state index contributed by atoms with van der Waals surface area (Å²) in [6.07, 6.45) is 2.16. The van der Waals surface area contributed by atoms with Crippen molar-refractivity contribution < 1.29 is 0 Å². The predicted molar refractivity (Wildman–Crippen MR) is 76.3 cm³/mol. The molecule has 1 aromatic carbocycles. The van der Waals surface area contributed by atoms with Gasteiger partial charge >= 0.3 is 0 Å². The van der Waals surface area contributed by atoms with E-state index in [2.05, 4.69) is 58.9 Å². The molecule has 17 heavy (non-hydrogen) atoms. The highest BCUT2D eigenvalue weighted by Crippen LogP contribution is 2.22. The largest absolute Gasteiger partial charge is 0.327 e. The highest BCUT2D eigenvalue weighted by Gasteiger charge is 2.13. The van der Waals surface area contributed by atoms with E-state index in [0.29, 0.717) is 12.0 Å². The summed E-state index contributed by atoms with van der Waals surface area (Å²) in [6.45, 7) is 11.1. The maximum atomic E-state index is 6.06. The van der Waals surface area contributed by atoms with E-state index in [1.54, 1.807) is 0 Å². The molecule has 0 bridgehead atoms. The molecule has 0 radical (unpaired) electrons. The van der Waals surface area contributed by atoms with Crippen LogP contribution in [0, 0.1) is 5.92 Å². The summed E-state index contributed by atoms with van der Waals surface area (Å²) in [5, 5.41) is 0. The molecule has 1 nitrogen and oxygen atoms in total. The molecule has 2 N–H and O–H groups in total. The van der Waals surface area contributed by atoms with Gasteiger partial charge in [0, 0.05) is 6.04 Å². The van der Waals surface area contributed by atoms with Crippen molar-refractivity contribution in [1.29, 1.82) is 0 Å². The molecule has 0 aliphatic rings. The lowest BCUT2D eigenvalue weighted by molar-refractivity contribution is 0.464. The van der Waals surface area contributed by atoms with Crippen molar-refractivity contribution in [3.63, 3.8) is 0 Å². The first-order valence-corrected chi connectivity index (χ1v) is 6.65. The molecular weight excluding hydrogens is 206 g/mol. The van der Waals surface area contributed by atoms with Crippen LogP contribution >= 0.6 is 0 Å². The van der Waals surface area contributed by atoms with Crippen molar-refractivity contribution in [2.24, 2.45) is 11.7 Å². The molecule has 0 fully saturated rings. The first-order chi connectivity index (χ1) is 7.80. The quantitative estimate of drug-likeness (QED) is 0.838. The highest BCUT2D eigenvalue weighted by molar-refractivity contribution is 5.27. The van der Waals surface area contributed by atoms with Crippen LogP contribution in [0.2, 0.25) is 0 Å². The van der Waals surface area contributed by atoms with Gasteiger partial charge in [0.25, 0.3) is 0 Å². The van der Waals surface area contributed by atoms with Crippen molar-refractivity contribution in [3.05, 3.63) is 35.4 Å². The standard InChI is InChI=1S/C16H27N/c1-12(2)15(17)11-8-13-6-9-14(10-7-13)16(3,4)5/h6-7,9-10,12,15H,8,11,17H2,1-5H3. The zero-order chi connectivity index (χ0) is 13.1. The van der Waals surface area contributed by atoms with Gasteiger partial charge in [-0.1, -0.05) is 58.9 Å². The van der Waals surface area contributed by atoms with Crippen LogP contribution in [-0.2, 0) is 11.8 Å². The third-order valence-electron chi connectivity index (χ3n) is 3.44. The van der Waals surface area contributed by atoms with Gasteiger partial charge < -0.3 is 5.73 Å². The number of aryl methyl sites for hydroxylation is 1. The van der Waals surface area contributed by atoms with Crippen LogP contribution in [0.15, 0.2) is 24.3 Å². The smallest absolute Gasteiger partial charge is 0.00650 e. The third kappa shape index (κ3) is 4.51. The molecule has 1 atom stereocenters. The van der Waals surface area contributed by atoms with E-state index in [4.69, 9.17) is 5.73 Å². The number of hydrogen-bond acceptors (Lipinski definition) is 1. The molecule has 0 aliphatic heterocycles. The maximum absolute atomic E-state index is 6.06. The van der Waals surface area contributed by atoms with E-state index >= 15 is 0 Å². The maximum Gasteiger partial charge on any atom is 0.00650 e. The van der Waals surface area contributed by atoms with Gasteiger partial charge in [0.05, 0.1) is 0 Å².